The summed E-state index contributed by atoms with van der Waals surface area (Å²) in [6, 6.07) is 16.0. The summed E-state index contributed by atoms with van der Waals surface area (Å²) in [6.45, 7) is 1.95. The van der Waals surface area contributed by atoms with Crippen molar-refractivity contribution in [2.24, 2.45) is 0 Å². The molecule has 106 valence electrons. The van der Waals surface area contributed by atoms with E-state index in [0.717, 1.165) is 36.6 Å². The first kappa shape index (κ1) is 14.4. The average molecular weight is 408 g/mol. The van der Waals surface area contributed by atoms with Crippen LogP contribution in [0.25, 0.3) is 21.9 Å². The molecule has 4 heteroatoms. The van der Waals surface area contributed by atoms with Crippen molar-refractivity contribution < 1.29 is 8.83 Å². The van der Waals surface area contributed by atoms with Gasteiger partial charge in [0.25, 0.3) is 0 Å². The van der Waals surface area contributed by atoms with Gasteiger partial charge in [-0.3, -0.25) is 0 Å². The molecule has 0 radical (unpaired) electrons. The lowest BCUT2D eigenvalue weighted by Crippen LogP contribution is -1.63. The topological polar surface area (TPSA) is 26.3 Å². The van der Waals surface area contributed by atoms with Crippen molar-refractivity contribution in [1.82, 2.24) is 0 Å². The molecule has 0 saturated carbocycles. The molecule has 2 nitrogen and oxygen atoms in total. The average Bonchev–Trinajstić information content (AvgIpc) is 3.06. The van der Waals surface area contributed by atoms with Gasteiger partial charge in [0.1, 0.15) is 16.9 Å². The van der Waals surface area contributed by atoms with Crippen LogP contribution < -0.4 is 0 Å². The minimum absolute atomic E-state index is 0.919. The van der Waals surface area contributed by atoms with Crippen LogP contribution in [0.15, 0.2) is 72.6 Å². The molecule has 0 unspecified atom stereocenters. The number of fused-ring (bicyclic) bond motifs is 2. The van der Waals surface area contributed by atoms with E-state index in [1.807, 2.05) is 55.5 Å². The van der Waals surface area contributed by atoms with Gasteiger partial charge in [0.05, 0.1) is 15.2 Å². The minimum atomic E-state index is 0.919. The normalized spacial score (nSPS) is 10.6. The highest BCUT2D eigenvalue weighted by atomic mass is 79.9. The van der Waals surface area contributed by atoms with Gasteiger partial charge in [0.2, 0.25) is 0 Å². The first-order chi connectivity index (χ1) is 10.1. The Morgan fingerprint density at radius 1 is 0.810 bits per heavy atom. The zero-order valence-electron chi connectivity index (χ0n) is 11.3. The lowest BCUT2D eigenvalue weighted by Gasteiger charge is -1.89. The van der Waals surface area contributed by atoms with Crippen LogP contribution in [0.4, 0.5) is 0 Å². The summed E-state index contributed by atoms with van der Waals surface area (Å²) < 4.78 is 12.7. The maximum Gasteiger partial charge on any atom is 0.148 e. The fourth-order valence-electron chi connectivity index (χ4n) is 2.11. The quantitative estimate of drug-likeness (QED) is 0.324. The van der Waals surface area contributed by atoms with Crippen LogP contribution in [0, 0.1) is 6.92 Å². The predicted octanol–water partition coefficient (Wildman–Crippen LogP) is 6.70. The van der Waals surface area contributed by atoms with Gasteiger partial charge in [-0.15, -0.1) is 0 Å². The van der Waals surface area contributed by atoms with Gasteiger partial charge in [-0.2, -0.15) is 0 Å². The van der Waals surface area contributed by atoms with E-state index in [-0.39, 0.29) is 0 Å². The van der Waals surface area contributed by atoms with Gasteiger partial charge in [0.15, 0.2) is 0 Å². The van der Waals surface area contributed by atoms with Crippen LogP contribution in [0.2, 0.25) is 0 Å². The van der Waals surface area contributed by atoms with Gasteiger partial charge in [-0.05, 0) is 63.0 Å². The predicted molar refractivity (Wildman–Crippen MR) is 92.6 cm³/mol. The summed E-state index contributed by atoms with van der Waals surface area (Å²) in [7, 11) is 0. The Bertz CT molecular complexity index is 890. The second kappa shape index (κ2) is 6.08. The van der Waals surface area contributed by atoms with E-state index < -0.39 is 0 Å². The highest BCUT2D eigenvalue weighted by molar-refractivity contribution is 9.11. The Balaban J connectivity index is 0.000000126. The molecule has 0 bridgehead atoms. The van der Waals surface area contributed by atoms with E-state index in [4.69, 9.17) is 8.83 Å². The van der Waals surface area contributed by atoms with E-state index in [1.54, 1.807) is 6.26 Å². The molecule has 0 N–H and O–H groups in total. The molecular weight excluding hydrogens is 396 g/mol. The highest BCUT2D eigenvalue weighted by Crippen LogP contribution is 2.26. The number of furan rings is 2. The standard InChI is InChI=1S/C9H7BrO.C8H5BrO/c1-6-5-7-3-2-4-8(10)9(7)11-6;9-7-3-1-2-6-4-5-10-8(6)7/h2-5H,1H3;1-5H. The maximum atomic E-state index is 5.45. The van der Waals surface area contributed by atoms with Crippen LogP contribution >= 0.6 is 31.9 Å². The summed E-state index contributed by atoms with van der Waals surface area (Å²) in [5, 5.41) is 2.28. The molecule has 4 aromatic rings. The number of aryl methyl sites for hydroxylation is 1. The van der Waals surface area contributed by atoms with Crippen LogP contribution in [0.5, 0.6) is 0 Å². The summed E-state index contributed by atoms with van der Waals surface area (Å²) in [4.78, 5) is 0. The van der Waals surface area contributed by atoms with Crippen LogP contribution in [-0.2, 0) is 0 Å². The first-order valence-electron chi connectivity index (χ1n) is 6.41. The van der Waals surface area contributed by atoms with Crippen LogP contribution in [-0.4, -0.2) is 0 Å². The highest BCUT2D eigenvalue weighted by Gasteiger charge is 2.02. The summed E-state index contributed by atoms with van der Waals surface area (Å²) in [5.74, 6) is 0.951. The third-order valence-electron chi connectivity index (χ3n) is 3.05. The molecule has 0 aliphatic rings. The monoisotopic (exact) mass is 406 g/mol. The van der Waals surface area contributed by atoms with E-state index in [9.17, 15) is 0 Å². The Morgan fingerprint density at radius 2 is 1.48 bits per heavy atom. The Labute approximate surface area is 139 Å². The molecule has 0 saturated heterocycles. The van der Waals surface area contributed by atoms with Crippen molar-refractivity contribution in [2.45, 2.75) is 6.92 Å². The number of halogens is 2. The Kier molecular flexibility index (Phi) is 4.17. The lowest BCUT2D eigenvalue weighted by atomic mass is 10.2. The van der Waals surface area contributed by atoms with Gasteiger partial charge in [0, 0.05) is 10.8 Å². The van der Waals surface area contributed by atoms with Crippen molar-refractivity contribution in [2.75, 3.05) is 0 Å². The smallest absolute Gasteiger partial charge is 0.148 e. The van der Waals surface area contributed by atoms with E-state index >= 15 is 0 Å². The van der Waals surface area contributed by atoms with Crippen molar-refractivity contribution in [3.05, 3.63) is 69.5 Å². The molecule has 0 aliphatic carbocycles. The van der Waals surface area contributed by atoms with Gasteiger partial charge < -0.3 is 8.83 Å². The molecule has 2 heterocycles. The maximum absolute atomic E-state index is 5.45. The van der Waals surface area contributed by atoms with Crippen molar-refractivity contribution in [3.8, 4) is 0 Å². The third kappa shape index (κ3) is 3.06. The zero-order chi connectivity index (χ0) is 14.8. The van der Waals surface area contributed by atoms with Crippen molar-refractivity contribution in [3.63, 3.8) is 0 Å². The fourth-order valence-corrected chi connectivity index (χ4v) is 3.05. The molecule has 21 heavy (non-hydrogen) atoms. The molecule has 2 aromatic carbocycles. The van der Waals surface area contributed by atoms with Crippen molar-refractivity contribution in [1.29, 1.82) is 0 Å². The summed E-state index contributed by atoms with van der Waals surface area (Å²) in [6.07, 6.45) is 1.69. The summed E-state index contributed by atoms with van der Waals surface area (Å²) >= 11 is 6.80. The largest absolute Gasteiger partial charge is 0.463 e. The lowest BCUT2D eigenvalue weighted by molar-refractivity contribution is 0.577. The van der Waals surface area contributed by atoms with Crippen molar-refractivity contribution >= 4 is 53.8 Å². The second-order valence-corrected chi connectivity index (χ2v) is 6.30. The first-order valence-corrected chi connectivity index (χ1v) is 8.00. The van der Waals surface area contributed by atoms with E-state index in [0.29, 0.717) is 0 Å². The Morgan fingerprint density at radius 3 is 2.14 bits per heavy atom. The minimum Gasteiger partial charge on any atom is -0.463 e. The van der Waals surface area contributed by atoms with Gasteiger partial charge in [-0.1, -0.05) is 24.3 Å². The molecule has 0 amide bonds. The molecule has 0 atom stereocenters. The second-order valence-electron chi connectivity index (χ2n) is 4.59. The number of para-hydroxylation sites is 2. The third-order valence-corrected chi connectivity index (χ3v) is 4.30. The van der Waals surface area contributed by atoms with E-state index in [1.165, 1.54) is 0 Å². The summed E-state index contributed by atoms with van der Waals surface area (Å²) in [5.41, 5.74) is 1.85. The number of rotatable bonds is 0. The van der Waals surface area contributed by atoms with Crippen LogP contribution in [0.3, 0.4) is 0 Å². The van der Waals surface area contributed by atoms with Crippen LogP contribution in [0.1, 0.15) is 5.76 Å². The molecule has 0 spiro atoms. The number of benzene rings is 2. The Hall–Kier alpha value is -1.52. The van der Waals surface area contributed by atoms with Gasteiger partial charge >= 0.3 is 0 Å². The molecule has 0 aliphatic heterocycles. The van der Waals surface area contributed by atoms with E-state index in [2.05, 4.69) is 31.9 Å². The molecule has 4 rings (SSSR count). The number of hydrogen-bond acceptors (Lipinski definition) is 2. The number of hydrogen-bond donors (Lipinski definition) is 0. The molecule has 0 fully saturated rings. The SMILES string of the molecule is Brc1cccc2ccoc12.Cc1cc2cccc(Br)c2o1. The van der Waals surface area contributed by atoms with Gasteiger partial charge in [-0.25, -0.2) is 0 Å². The zero-order valence-corrected chi connectivity index (χ0v) is 14.4. The molecule has 2 aromatic heterocycles. The molecular formula is C17H12Br2O2. The fraction of sp³-hybridized carbons (Fsp3) is 0.0588.